The molecule has 26 heavy (non-hydrogen) atoms. The Labute approximate surface area is 156 Å². The number of aryl methyl sites for hydroxylation is 1. The molecule has 1 aliphatic rings. The molecular weight excluding hydrogens is 354 g/mol. The number of aromatic nitrogens is 2. The number of fused-ring (bicyclic) bond motifs is 1. The van der Waals surface area contributed by atoms with Crippen LogP contribution in [0.2, 0.25) is 0 Å². The van der Waals surface area contributed by atoms with Gasteiger partial charge in [-0.15, -0.1) is 11.3 Å². The van der Waals surface area contributed by atoms with Crippen LogP contribution in [-0.4, -0.2) is 45.5 Å². The van der Waals surface area contributed by atoms with Gasteiger partial charge in [0.1, 0.15) is 5.76 Å². The highest BCUT2D eigenvalue weighted by Gasteiger charge is 2.24. The summed E-state index contributed by atoms with van der Waals surface area (Å²) >= 11 is 1.43. The third kappa shape index (κ3) is 4.67. The minimum Gasteiger partial charge on any atom is -0.361 e. The predicted molar refractivity (Wildman–Crippen MR) is 98.2 cm³/mol. The smallest absolute Gasteiger partial charge is 0.279 e. The molecule has 2 aromatic rings. The Morgan fingerprint density at radius 1 is 1.38 bits per heavy atom. The highest BCUT2D eigenvalue weighted by molar-refractivity contribution is 7.15. The van der Waals surface area contributed by atoms with Gasteiger partial charge in [0, 0.05) is 36.0 Å². The van der Waals surface area contributed by atoms with Crippen LogP contribution >= 0.6 is 11.3 Å². The van der Waals surface area contributed by atoms with Gasteiger partial charge in [-0.1, -0.05) is 5.16 Å². The van der Waals surface area contributed by atoms with Crippen molar-refractivity contribution in [3.8, 4) is 0 Å². The van der Waals surface area contributed by atoms with E-state index >= 15 is 0 Å². The summed E-state index contributed by atoms with van der Waals surface area (Å²) in [6.45, 7) is 9.41. The fourth-order valence-corrected chi connectivity index (χ4v) is 3.78. The zero-order valence-corrected chi connectivity index (χ0v) is 16.2. The van der Waals surface area contributed by atoms with Crippen molar-refractivity contribution in [2.24, 2.45) is 0 Å². The largest absolute Gasteiger partial charge is 0.361 e. The molecule has 0 aliphatic carbocycles. The van der Waals surface area contributed by atoms with E-state index in [1.54, 1.807) is 13.0 Å². The van der Waals surface area contributed by atoms with Crippen LogP contribution in [0.15, 0.2) is 10.6 Å². The highest BCUT2D eigenvalue weighted by Crippen LogP contribution is 2.28. The van der Waals surface area contributed by atoms with E-state index in [2.05, 4.69) is 25.7 Å². The fraction of sp³-hybridized carbons (Fsp3) is 0.529. The van der Waals surface area contributed by atoms with Crippen LogP contribution in [0.1, 0.15) is 47.6 Å². The lowest BCUT2D eigenvalue weighted by Crippen LogP contribution is -2.46. The van der Waals surface area contributed by atoms with Gasteiger partial charge in [0.15, 0.2) is 10.8 Å². The molecule has 0 spiro atoms. The molecular formula is C17H23N5O3S. The van der Waals surface area contributed by atoms with Crippen molar-refractivity contribution in [2.45, 2.75) is 46.2 Å². The van der Waals surface area contributed by atoms with E-state index in [-0.39, 0.29) is 23.0 Å². The second-order valence-electron chi connectivity index (χ2n) is 7.42. The minimum atomic E-state index is -0.339. The molecule has 2 aromatic heterocycles. The third-order valence-electron chi connectivity index (χ3n) is 3.77. The van der Waals surface area contributed by atoms with Gasteiger partial charge in [0.25, 0.3) is 5.91 Å². The summed E-state index contributed by atoms with van der Waals surface area (Å²) in [5, 5.41) is 9.99. The average Bonchev–Trinajstić information content (AvgIpc) is 3.10. The summed E-state index contributed by atoms with van der Waals surface area (Å²) in [5.74, 6) is 0.257. The zero-order chi connectivity index (χ0) is 18.9. The van der Waals surface area contributed by atoms with E-state index in [0.29, 0.717) is 24.0 Å². The van der Waals surface area contributed by atoms with Crippen LogP contribution in [0.25, 0.3) is 0 Å². The zero-order valence-electron chi connectivity index (χ0n) is 15.4. The molecule has 0 radical (unpaired) electrons. The lowest BCUT2D eigenvalue weighted by atomic mass is 10.1. The number of nitrogens with one attached hydrogen (secondary N) is 2. The highest BCUT2D eigenvalue weighted by atomic mass is 32.1. The van der Waals surface area contributed by atoms with Crippen molar-refractivity contribution >= 4 is 28.3 Å². The number of carbonyl (C=O) groups excluding carboxylic acids is 2. The van der Waals surface area contributed by atoms with Gasteiger partial charge in [0.2, 0.25) is 5.91 Å². The number of thiazole rings is 1. The van der Waals surface area contributed by atoms with Gasteiger partial charge in [0.05, 0.1) is 12.2 Å². The summed E-state index contributed by atoms with van der Waals surface area (Å²) in [5.41, 5.74) is 0.977. The van der Waals surface area contributed by atoms with E-state index in [1.807, 2.05) is 20.8 Å². The SMILES string of the molecule is Cc1cc(C(=O)Nc2nc3c(s2)CN(CC(=O)NC(C)(C)C)CC3)no1. The Morgan fingerprint density at radius 2 is 2.15 bits per heavy atom. The molecule has 0 saturated carbocycles. The lowest BCUT2D eigenvalue weighted by molar-refractivity contribution is -0.123. The van der Waals surface area contributed by atoms with Gasteiger partial charge in [-0.2, -0.15) is 0 Å². The van der Waals surface area contributed by atoms with Crippen molar-refractivity contribution in [3.63, 3.8) is 0 Å². The van der Waals surface area contributed by atoms with Crippen molar-refractivity contribution in [1.82, 2.24) is 20.4 Å². The summed E-state index contributed by atoms with van der Waals surface area (Å²) in [7, 11) is 0. The van der Waals surface area contributed by atoms with E-state index in [1.165, 1.54) is 11.3 Å². The summed E-state index contributed by atoms with van der Waals surface area (Å²) in [4.78, 5) is 31.9. The van der Waals surface area contributed by atoms with Crippen LogP contribution < -0.4 is 10.6 Å². The molecule has 3 heterocycles. The summed E-state index contributed by atoms with van der Waals surface area (Å²) in [6.07, 6.45) is 0.758. The van der Waals surface area contributed by atoms with Crippen LogP contribution in [-0.2, 0) is 17.8 Å². The van der Waals surface area contributed by atoms with E-state index in [9.17, 15) is 9.59 Å². The van der Waals surface area contributed by atoms with Gasteiger partial charge < -0.3 is 9.84 Å². The predicted octanol–water partition coefficient (Wildman–Crippen LogP) is 1.96. The monoisotopic (exact) mass is 377 g/mol. The van der Waals surface area contributed by atoms with E-state index in [0.717, 1.165) is 23.5 Å². The number of nitrogens with zero attached hydrogens (tertiary/aromatic N) is 3. The average molecular weight is 377 g/mol. The second kappa shape index (κ2) is 7.16. The quantitative estimate of drug-likeness (QED) is 0.845. The number of hydrogen-bond donors (Lipinski definition) is 2. The number of hydrogen-bond acceptors (Lipinski definition) is 7. The minimum absolute atomic E-state index is 0.0143. The van der Waals surface area contributed by atoms with Crippen LogP contribution in [0, 0.1) is 6.92 Å². The first-order valence-corrected chi connectivity index (χ1v) is 9.28. The molecule has 0 atom stereocenters. The molecule has 1 aliphatic heterocycles. The lowest BCUT2D eigenvalue weighted by Gasteiger charge is -2.27. The molecule has 0 fully saturated rings. The summed E-state index contributed by atoms with van der Waals surface area (Å²) in [6, 6.07) is 1.58. The topological polar surface area (TPSA) is 100 Å². The molecule has 140 valence electrons. The Hall–Kier alpha value is -2.26. The number of anilines is 1. The van der Waals surface area contributed by atoms with Crippen molar-refractivity contribution in [2.75, 3.05) is 18.4 Å². The molecule has 9 heteroatoms. The Balaban J connectivity index is 1.60. The first kappa shape index (κ1) is 18.5. The Kier molecular flexibility index (Phi) is 5.10. The number of rotatable bonds is 4. The molecule has 8 nitrogen and oxygen atoms in total. The maximum atomic E-state index is 12.2. The summed E-state index contributed by atoms with van der Waals surface area (Å²) < 4.78 is 4.92. The molecule has 2 N–H and O–H groups in total. The molecule has 0 unspecified atom stereocenters. The normalized spacial score (nSPS) is 14.8. The van der Waals surface area contributed by atoms with Gasteiger partial charge in [-0.25, -0.2) is 4.98 Å². The molecule has 0 saturated heterocycles. The second-order valence-corrected chi connectivity index (χ2v) is 8.51. The molecule has 2 amide bonds. The van der Waals surface area contributed by atoms with Crippen molar-refractivity contribution in [1.29, 1.82) is 0 Å². The molecule has 0 bridgehead atoms. The van der Waals surface area contributed by atoms with E-state index in [4.69, 9.17) is 4.52 Å². The van der Waals surface area contributed by atoms with Gasteiger partial charge in [-0.05, 0) is 27.7 Å². The van der Waals surface area contributed by atoms with Crippen LogP contribution in [0.4, 0.5) is 5.13 Å². The maximum Gasteiger partial charge on any atom is 0.279 e. The van der Waals surface area contributed by atoms with Gasteiger partial charge >= 0.3 is 0 Å². The third-order valence-corrected chi connectivity index (χ3v) is 4.77. The number of amides is 2. The van der Waals surface area contributed by atoms with Crippen LogP contribution in [0.3, 0.4) is 0 Å². The maximum absolute atomic E-state index is 12.2. The Morgan fingerprint density at radius 3 is 2.81 bits per heavy atom. The van der Waals surface area contributed by atoms with Crippen LogP contribution in [0.5, 0.6) is 0 Å². The van der Waals surface area contributed by atoms with Gasteiger partial charge in [-0.3, -0.25) is 19.8 Å². The molecule has 0 aromatic carbocycles. The fourth-order valence-electron chi connectivity index (χ4n) is 2.73. The number of carbonyl (C=O) groups is 2. The van der Waals surface area contributed by atoms with Crippen molar-refractivity contribution < 1.29 is 14.1 Å². The Bertz CT molecular complexity index is 821. The first-order valence-electron chi connectivity index (χ1n) is 8.46. The standard InChI is InChI=1S/C17H23N5O3S/c1-10-7-12(21-25-10)15(24)19-16-18-11-5-6-22(8-13(11)26-16)9-14(23)20-17(2,3)4/h7H,5-6,8-9H2,1-4H3,(H,20,23)(H,18,19,24). The van der Waals surface area contributed by atoms with Crippen molar-refractivity contribution in [3.05, 3.63) is 28.1 Å². The first-order chi connectivity index (χ1) is 12.2. The molecule has 3 rings (SSSR count). The van der Waals surface area contributed by atoms with E-state index < -0.39 is 0 Å².